The van der Waals surface area contributed by atoms with Gasteiger partial charge in [-0.1, -0.05) is 11.6 Å². The number of nitrogens with one attached hydrogen (secondary N) is 1. The van der Waals surface area contributed by atoms with Gasteiger partial charge in [0.2, 0.25) is 0 Å². The van der Waals surface area contributed by atoms with Crippen LogP contribution in [0.3, 0.4) is 0 Å². The molecule has 0 radical (unpaired) electrons. The maximum Gasteiger partial charge on any atom is 0.338 e. The number of hydrogen-bond donors (Lipinski definition) is 1. The summed E-state index contributed by atoms with van der Waals surface area (Å²) in [6.07, 6.45) is -1.32. The largest absolute Gasteiger partial charge is 0.449 e. The molecule has 1 aromatic heterocycles. The minimum Gasteiger partial charge on any atom is -0.449 e. The number of halogens is 4. The molecule has 0 saturated carbocycles. The Kier molecular flexibility index (Phi) is 6.35. The van der Waals surface area contributed by atoms with Gasteiger partial charge in [-0.05, 0) is 57.2 Å². The van der Waals surface area contributed by atoms with E-state index in [2.05, 4.69) is 10.4 Å². The Morgan fingerprint density at radius 3 is 2.29 bits per heavy atom. The Bertz CT molecular complexity index is 1160. The van der Waals surface area contributed by atoms with Crippen LogP contribution in [-0.4, -0.2) is 27.8 Å². The van der Waals surface area contributed by atoms with Crippen molar-refractivity contribution >= 4 is 29.2 Å². The fourth-order valence-electron chi connectivity index (χ4n) is 2.75. The molecule has 0 fully saturated rings. The molecule has 10 heteroatoms. The summed E-state index contributed by atoms with van der Waals surface area (Å²) in [5.41, 5.74) is 1.67. The van der Waals surface area contributed by atoms with E-state index in [1.807, 2.05) is 0 Å². The van der Waals surface area contributed by atoms with Crippen molar-refractivity contribution in [2.24, 2.45) is 0 Å². The van der Waals surface area contributed by atoms with Crippen LogP contribution < -0.4 is 5.32 Å². The van der Waals surface area contributed by atoms with E-state index >= 15 is 0 Å². The number of benzene rings is 2. The highest BCUT2D eigenvalue weighted by Crippen LogP contribution is 2.23. The van der Waals surface area contributed by atoms with E-state index in [1.165, 1.54) is 19.1 Å². The number of carbonyl (C=O) groups is 2. The van der Waals surface area contributed by atoms with Crippen molar-refractivity contribution in [1.82, 2.24) is 9.78 Å². The average molecular weight is 452 g/mol. The number of carbonyl (C=O) groups excluding carboxylic acids is 2. The fourth-order valence-corrected chi connectivity index (χ4v) is 2.87. The van der Waals surface area contributed by atoms with E-state index in [0.717, 1.165) is 11.8 Å². The lowest BCUT2D eigenvalue weighted by Crippen LogP contribution is -2.30. The molecule has 0 bridgehead atoms. The number of amides is 1. The van der Waals surface area contributed by atoms with Gasteiger partial charge < -0.3 is 10.1 Å². The molecule has 1 N–H and O–H groups in total. The highest BCUT2D eigenvalue weighted by Gasteiger charge is 2.22. The SMILES string of the molecule is Cc1nn(-c2ccc(C(=O)O[C@H](C)C(=O)Nc3ccc(F)c(F)c3F)cc2)c(C)c1Cl. The lowest BCUT2D eigenvalue weighted by molar-refractivity contribution is -0.123. The zero-order valence-corrected chi connectivity index (χ0v) is 17.4. The molecule has 1 heterocycles. The van der Waals surface area contributed by atoms with Crippen LogP contribution >= 0.6 is 11.6 Å². The number of nitrogens with zero attached hydrogens (tertiary/aromatic N) is 2. The van der Waals surface area contributed by atoms with Crippen LogP contribution in [0.15, 0.2) is 36.4 Å². The van der Waals surface area contributed by atoms with Gasteiger partial charge in [0, 0.05) is 0 Å². The van der Waals surface area contributed by atoms with Gasteiger partial charge in [-0.15, -0.1) is 0 Å². The van der Waals surface area contributed by atoms with Crippen LogP contribution in [0.4, 0.5) is 18.9 Å². The van der Waals surface area contributed by atoms with Crippen LogP contribution in [0.5, 0.6) is 0 Å². The Morgan fingerprint density at radius 1 is 1.06 bits per heavy atom. The minimum atomic E-state index is -1.72. The lowest BCUT2D eigenvalue weighted by atomic mass is 10.2. The van der Waals surface area contributed by atoms with Crippen molar-refractivity contribution in [3.05, 3.63) is 75.8 Å². The number of anilines is 1. The zero-order chi connectivity index (χ0) is 22.9. The predicted molar refractivity (Wildman–Crippen MR) is 108 cm³/mol. The number of aryl methyl sites for hydroxylation is 1. The molecular weight excluding hydrogens is 435 g/mol. The standard InChI is InChI=1S/C21H17ClF3N3O3/c1-10-17(22)11(2)28(27-10)14-6-4-13(5-7-14)21(30)31-12(3)20(29)26-16-9-8-15(23)18(24)19(16)25/h4-9,12H,1-3H3,(H,26,29)/t12-/m1/s1. The summed E-state index contributed by atoms with van der Waals surface area (Å²) >= 11 is 6.14. The van der Waals surface area contributed by atoms with Crippen LogP contribution in [0.1, 0.15) is 28.7 Å². The number of aromatic nitrogens is 2. The van der Waals surface area contributed by atoms with Gasteiger partial charge in [-0.25, -0.2) is 22.6 Å². The number of rotatable bonds is 5. The van der Waals surface area contributed by atoms with Gasteiger partial charge in [0.25, 0.3) is 5.91 Å². The summed E-state index contributed by atoms with van der Waals surface area (Å²) in [4.78, 5) is 24.5. The maximum absolute atomic E-state index is 13.7. The van der Waals surface area contributed by atoms with Gasteiger partial charge in [0.05, 0.1) is 33.3 Å². The van der Waals surface area contributed by atoms with E-state index in [4.69, 9.17) is 16.3 Å². The molecule has 3 rings (SSSR count). The molecule has 1 amide bonds. The molecule has 0 unspecified atom stereocenters. The summed E-state index contributed by atoms with van der Waals surface area (Å²) in [6.45, 7) is 4.84. The summed E-state index contributed by atoms with van der Waals surface area (Å²) in [5, 5.41) is 6.92. The molecule has 0 saturated heterocycles. The highest BCUT2D eigenvalue weighted by atomic mass is 35.5. The van der Waals surface area contributed by atoms with Crippen molar-refractivity contribution < 1.29 is 27.5 Å². The van der Waals surface area contributed by atoms with E-state index in [1.54, 1.807) is 30.7 Å². The quantitative estimate of drug-likeness (QED) is 0.449. The first-order valence-electron chi connectivity index (χ1n) is 9.07. The van der Waals surface area contributed by atoms with Crippen molar-refractivity contribution in [2.75, 3.05) is 5.32 Å². The molecule has 0 spiro atoms. The van der Waals surface area contributed by atoms with E-state index in [-0.39, 0.29) is 5.56 Å². The van der Waals surface area contributed by atoms with Gasteiger partial charge in [-0.2, -0.15) is 5.10 Å². The Labute approximate surface area is 180 Å². The molecule has 31 heavy (non-hydrogen) atoms. The van der Waals surface area contributed by atoms with Crippen molar-refractivity contribution in [1.29, 1.82) is 0 Å². The Hall–Kier alpha value is -3.33. The normalized spacial score (nSPS) is 11.8. The number of ether oxygens (including phenoxy) is 1. The van der Waals surface area contributed by atoms with Crippen LogP contribution in [0.2, 0.25) is 5.02 Å². The third-order valence-corrected chi connectivity index (χ3v) is 5.04. The lowest BCUT2D eigenvalue weighted by Gasteiger charge is -2.14. The summed E-state index contributed by atoms with van der Waals surface area (Å²) in [7, 11) is 0. The first kappa shape index (κ1) is 22.4. The monoisotopic (exact) mass is 451 g/mol. The van der Waals surface area contributed by atoms with Crippen molar-refractivity contribution in [3.63, 3.8) is 0 Å². The topological polar surface area (TPSA) is 73.2 Å². The molecule has 3 aromatic rings. The van der Waals surface area contributed by atoms with Gasteiger partial charge >= 0.3 is 5.97 Å². The summed E-state index contributed by atoms with van der Waals surface area (Å²) in [5.74, 6) is -6.36. The van der Waals surface area contributed by atoms with Gasteiger partial charge in [0.1, 0.15) is 0 Å². The molecule has 1 atom stereocenters. The average Bonchev–Trinajstić information content (AvgIpc) is 3.01. The first-order chi connectivity index (χ1) is 14.6. The van der Waals surface area contributed by atoms with Crippen molar-refractivity contribution in [2.45, 2.75) is 26.9 Å². The summed E-state index contributed by atoms with van der Waals surface area (Å²) < 4.78 is 46.7. The molecule has 6 nitrogen and oxygen atoms in total. The second-order valence-electron chi connectivity index (χ2n) is 6.70. The summed E-state index contributed by atoms with van der Waals surface area (Å²) in [6, 6.07) is 7.78. The number of esters is 1. The highest BCUT2D eigenvalue weighted by molar-refractivity contribution is 6.31. The van der Waals surface area contributed by atoms with Gasteiger partial charge in [0.15, 0.2) is 23.6 Å². The first-order valence-corrected chi connectivity index (χ1v) is 9.45. The molecule has 0 aliphatic carbocycles. The fraction of sp³-hybridized carbons (Fsp3) is 0.190. The Morgan fingerprint density at radius 2 is 1.71 bits per heavy atom. The molecule has 162 valence electrons. The zero-order valence-electron chi connectivity index (χ0n) is 16.7. The second-order valence-corrected chi connectivity index (χ2v) is 7.08. The van der Waals surface area contributed by atoms with Gasteiger partial charge in [-0.3, -0.25) is 4.79 Å². The molecule has 2 aromatic carbocycles. The number of hydrogen-bond acceptors (Lipinski definition) is 4. The predicted octanol–water partition coefficient (Wildman–Crippen LogP) is 4.74. The van der Waals surface area contributed by atoms with E-state index in [9.17, 15) is 22.8 Å². The molecule has 0 aliphatic rings. The third-order valence-electron chi connectivity index (χ3n) is 4.50. The van der Waals surface area contributed by atoms with Crippen LogP contribution in [0.25, 0.3) is 5.69 Å². The van der Waals surface area contributed by atoms with E-state index < -0.39 is 41.1 Å². The Balaban J connectivity index is 1.67. The van der Waals surface area contributed by atoms with Crippen LogP contribution in [-0.2, 0) is 9.53 Å². The van der Waals surface area contributed by atoms with Crippen LogP contribution in [0, 0.1) is 31.3 Å². The minimum absolute atomic E-state index is 0.162. The van der Waals surface area contributed by atoms with E-state index in [0.29, 0.717) is 22.5 Å². The second kappa shape index (κ2) is 8.81. The molecule has 0 aliphatic heterocycles. The smallest absolute Gasteiger partial charge is 0.338 e. The maximum atomic E-state index is 13.7. The molecular formula is C21H17ClF3N3O3. The third kappa shape index (κ3) is 4.56. The van der Waals surface area contributed by atoms with Crippen molar-refractivity contribution in [3.8, 4) is 5.69 Å².